The van der Waals surface area contributed by atoms with Crippen LogP contribution in [0.4, 0.5) is 0 Å². The van der Waals surface area contributed by atoms with Crippen molar-refractivity contribution in [1.82, 2.24) is 0 Å². The Balaban J connectivity index is 1.84. The van der Waals surface area contributed by atoms with E-state index < -0.39 is 127 Å². The zero-order chi connectivity index (χ0) is 47.7. The van der Waals surface area contributed by atoms with Gasteiger partial charge in [0, 0.05) is 42.9 Å². The number of rotatable bonds is 2. The molecule has 0 saturated carbocycles. The second-order valence-electron chi connectivity index (χ2n) is 18.4. The molecule has 0 aliphatic carbocycles. The number of hydrogen-bond acceptors (Lipinski definition) is 15. The number of esters is 1. The molecule has 2 fully saturated rings. The maximum atomic E-state index is 12.6. The number of carbonyl (C=O) groups excluding carboxylic acids is 1. The Morgan fingerprint density at radius 3 is 1.72 bits per heavy atom. The van der Waals surface area contributed by atoms with Crippen LogP contribution in [-0.4, -0.2) is 154 Å². The molecule has 64 heavy (non-hydrogen) atoms. The quantitative estimate of drug-likeness (QED) is 0.179. The van der Waals surface area contributed by atoms with Gasteiger partial charge in [0.05, 0.1) is 79.2 Å². The van der Waals surface area contributed by atoms with Crippen LogP contribution >= 0.6 is 0 Å². The summed E-state index contributed by atoms with van der Waals surface area (Å²) >= 11 is 0. The van der Waals surface area contributed by atoms with Gasteiger partial charge in [-0.3, -0.25) is 4.79 Å². The minimum Gasteiger partial charge on any atom is -0.462 e. The second kappa shape index (κ2) is 27.1. The zero-order valence-corrected chi connectivity index (χ0v) is 38.5. The summed E-state index contributed by atoms with van der Waals surface area (Å²) in [6.07, 6.45) is 8.40. The smallest absolute Gasteiger partial charge is 0.308 e. The molecular weight excluding hydrogens is 829 g/mol. The number of fused-ring (bicyclic) bond motifs is 2. The normalized spacial score (nSPS) is 46.8. The lowest BCUT2D eigenvalue weighted by Crippen LogP contribution is -2.61. The van der Waals surface area contributed by atoms with Crippen LogP contribution in [0, 0.1) is 23.7 Å². The molecule has 0 aromatic rings. The third-order valence-corrected chi connectivity index (χ3v) is 12.9. The van der Waals surface area contributed by atoms with Crippen LogP contribution in [0.25, 0.3) is 0 Å². The summed E-state index contributed by atoms with van der Waals surface area (Å²) in [5.41, 5.74) is -1.51. The van der Waals surface area contributed by atoms with Crippen molar-refractivity contribution in [2.45, 2.75) is 191 Å². The molecule has 3 aliphatic rings. The van der Waals surface area contributed by atoms with E-state index in [9.17, 15) is 55.9 Å². The molecule has 20 atom stereocenters. The van der Waals surface area contributed by atoms with Crippen LogP contribution in [0.3, 0.4) is 0 Å². The van der Waals surface area contributed by atoms with Crippen molar-refractivity contribution in [3.05, 3.63) is 85.1 Å². The Morgan fingerprint density at radius 2 is 1.12 bits per heavy atom. The van der Waals surface area contributed by atoms with Crippen molar-refractivity contribution in [3.8, 4) is 0 Å². The lowest BCUT2D eigenvalue weighted by atomic mass is 9.77. The fourth-order valence-corrected chi connectivity index (χ4v) is 8.32. The third-order valence-electron chi connectivity index (χ3n) is 12.9. The molecule has 2 saturated heterocycles. The molecule has 15 heteroatoms. The van der Waals surface area contributed by atoms with Crippen molar-refractivity contribution >= 4 is 5.97 Å². The lowest BCUT2D eigenvalue weighted by molar-refractivity contribution is -0.295. The topological polar surface area (TPSA) is 256 Å². The van der Waals surface area contributed by atoms with Crippen molar-refractivity contribution in [2.24, 2.45) is 23.7 Å². The number of hydrogen-bond donors (Lipinski definition) is 10. The Labute approximate surface area is 379 Å². The number of allylic oxidation sites excluding steroid dienone is 12. The van der Waals surface area contributed by atoms with Crippen LogP contribution in [0.1, 0.15) is 93.4 Å². The molecular formula is C49H78O15. The molecule has 6 unspecified atom stereocenters. The largest absolute Gasteiger partial charge is 0.462 e. The van der Waals surface area contributed by atoms with Crippen LogP contribution in [0.5, 0.6) is 0 Å². The summed E-state index contributed by atoms with van der Waals surface area (Å²) in [5.74, 6) is -2.53. The lowest BCUT2D eigenvalue weighted by Gasteiger charge is -2.49. The molecule has 0 radical (unpaired) electrons. The summed E-state index contributed by atoms with van der Waals surface area (Å²) in [5, 5.41) is 109. The third kappa shape index (κ3) is 17.4. The highest BCUT2D eigenvalue weighted by molar-refractivity contribution is 5.70. The number of cyclic esters (lactones) is 1. The van der Waals surface area contributed by atoms with Crippen LogP contribution in [0.2, 0.25) is 0 Å². The second-order valence-corrected chi connectivity index (χ2v) is 18.4. The van der Waals surface area contributed by atoms with E-state index in [1.54, 1.807) is 59.8 Å². The predicted molar refractivity (Wildman–Crippen MR) is 241 cm³/mol. The van der Waals surface area contributed by atoms with E-state index in [2.05, 4.69) is 0 Å². The van der Waals surface area contributed by atoms with Gasteiger partial charge in [-0.15, -0.1) is 0 Å². The standard InChI is InChI=1S/C49H78O15/c1-29-20-18-16-14-12-10-8-9-11-13-15-17-19-21-38(63-48-46(59)32(4)44(57)34(6)62-48)27-41-31(3)45(58)47(60)49(7,64-41)28-37(52)25-40(54)39(53)23-22-35(50)24-36(51)26-42(55)61-33(5)30(2)43(29)56/h8-21,29-41,43-48,50-54,56-60H,22-28H2,1-7H3/b9-8+,12-10+,13-11+,16-14+,17-15+,20-18+,21-19?/t29-,30-,31-,32?,33-,34?,35+,36+,37-,38-,39+,40+,41-,43+,44?,45+,46?,47?,48?,49+/m0/s1. The van der Waals surface area contributed by atoms with Gasteiger partial charge >= 0.3 is 5.97 Å². The summed E-state index contributed by atoms with van der Waals surface area (Å²) < 4.78 is 24.1. The van der Waals surface area contributed by atoms with Gasteiger partial charge in [0.1, 0.15) is 18.3 Å². The van der Waals surface area contributed by atoms with Crippen molar-refractivity contribution < 1.29 is 74.8 Å². The van der Waals surface area contributed by atoms with Gasteiger partial charge in [-0.25, -0.2) is 0 Å². The van der Waals surface area contributed by atoms with E-state index in [1.165, 1.54) is 0 Å². The van der Waals surface area contributed by atoms with E-state index in [0.29, 0.717) is 0 Å². The number of aliphatic hydroxyl groups excluding tert-OH is 10. The number of carbonyl (C=O) groups is 1. The fraction of sp³-hybridized carbons (Fsp3) is 0.694. The molecule has 0 aromatic carbocycles. The highest BCUT2D eigenvalue weighted by atomic mass is 16.7. The van der Waals surface area contributed by atoms with Crippen molar-refractivity contribution in [1.29, 1.82) is 0 Å². The highest BCUT2D eigenvalue weighted by Crippen LogP contribution is 2.39. The Kier molecular flexibility index (Phi) is 23.5. The van der Waals surface area contributed by atoms with Gasteiger partial charge in [0.25, 0.3) is 0 Å². The summed E-state index contributed by atoms with van der Waals surface area (Å²) in [4.78, 5) is 12.6. The SMILES string of the molecule is CC1OC(O[C@H]2C=C/C=C/C=C/C=C/C=C/C=C/C=C/[C@H](C)[C@@H](O)[C@@H](C)[C@H](C)OC(=O)C[C@H](O)C[C@H](O)CC[C@@H](O)[C@H](O)C[C@H](O)C[C@@]3(C)O[C@@H](C2)[C@H](C)[C@@H](O)C3O)C(O)C(C)C1O. The molecule has 0 amide bonds. The van der Waals surface area contributed by atoms with Crippen LogP contribution in [-0.2, 0) is 23.7 Å². The van der Waals surface area contributed by atoms with E-state index in [4.69, 9.17) is 18.9 Å². The summed E-state index contributed by atoms with van der Waals surface area (Å²) in [6.45, 7) is 11.9. The first-order chi connectivity index (χ1) is 30.1. The highest BCUT2D eigenvalue weighted by Gasteiger charge is 2.51. The average Bonchev–Trinajstić information content (AvgIpc) is 3.23. The van der Waals surface area contributed by atoms with Gasteiger partial charge < -0.3 is 70.0 Å². The first-order valence-electron chi connectivity index (χ1n) is 22.8. The van der Waals surface area contributed by atoms with E-state index in [0.717, 1.165) is 0 Å². The minimum atomic E-state index is -1.51. The average molecular weight is 907 g/mol. The minimum absolute atomic E-state index is 0.0369. The van der Waals surface area contributed by atoms with Crippen molar-refractivity contribution in [3.63, 3.8) is 0 Å². The van der Waals surface area contributed by atoms with E-state index in [-0.39, 0.29) is 44.4 Å². The van der Waals surface area contributed by atoms with Gasteiger partial charge in [-0.2, -0.15) is 0 Å². The number of aliphatic hydroxyl groups is 10. The van der Waals surface area contributed by atoms with Gasteiger partial charge in [0.2, 0.25) is 0 Å². The van der Waals surface area contributed by atoms with Crippen LogP contribution in [0.15, 0.2) is 85.1 Å². The molecule has 15 nitrogen and oxygen atoms in total. The molecule has 10 N–H and O–H groups in total. The first-order valence-corrected chi connectivity index (χ1v) is 22.8. The van der Waals surface area contributed by atoms with Crippen molar-refractivity contribution in [2.75, 3.05) is 0 Å². The van der Waals surface area contributed by atoms with Gasteiger partial charge in [0.15, 0.2) is 6.29 Å². The molecule has 3 rings (SSSR count). The molecule has 3 heterocycles. The molecule has 0 aromatic heterocycles. The van der Waals surface area contributed by atoms with E-state index in [1.807, 2.05) is 73.8 Å². The zero-order valence-electron chi connectivity index (χ0n) is 38.5. The molecule has 3 aliphatic heterocycles. The van der Waals surface area contributed by atoms with Gasteiger partial charge in [-0.05, 0) is 40.0 Å². The maximum Gasteiger partial charge on any atom is 0.308 e. The molecule has 0 spiro atoms. The maximum absolute atomic E-state index is 12.6. The fourth-order valence-electron chi connectivity index (χ4n) is 8.32. The number of ether oxygens (including phenoxy) is 4. The Hall–Kier alpha value is -2.87. The predicted octanol–water partition coefficient (Wildman–Crippen LogP) is 3.00. The summed E-state index contributed by atoms with van der Waals surface area (Å²) in [7, 11) is 0. The molecule has 364 valence electrons. The Morgan fingerprint density at radius 1 is 0.562 bits per heavy atom. The first kappa shape index (κ1) is 55.5. The Bertz CT molecular complexity index is 1590. The van der Waals surface area contributed by atoms with E-state index >= 15 is 0 Å². The molecule has 2 bridgehead atoms. The summed E-state index contributed by atoms with van der Waals surface area (Å²) in [6, 6.07) is 0. The van der Waals surface area contributed by atoms with Crippen LogP contribution < -0.4 is 0 Å². The van der Waals surface area contributed by atoms with Gasteiger partial charge in [-0.1, -0.05) is 113 Å². The monoisotopic (exact) mass is 907 g/mol.